The van der Waals surface area contributed by atoms with Crippen LogP contribution < -0.4 is 5.19 Å². The summed E-state index contributed by atoms with van der Waals surface area (Å²) in [7, 11) is -1.79. The van der Waals surface area contributed by atoms with Crippen molar-refractivity contribution in [3.63, 3.8) is 0 Å². The van der Waals surface area contributed by atoms with E-state index in [0.29, 0.717) is 5.79 Å². The minimum atomic E-state index is -2.91. The van der Waals surface area contributed by atoms with Crippen molar-refractivity contribution in [2.45, 2.75) is 13.1 Å². The summed E-state index contributed by atoms with van der Waals surface area (Å²) in [5, 5.41) is 1.27. The van der Waals surface area contributed by atoms with E-state index in [1.165, 1.54) is 19.4 Å². The molecule has 0 aromatic heterocycles. The minimum absolute atomic E-state index is 0.511. The van der Waals surface area contributed by atoms with E-state index in [9.17, 15) is 4.57 Å². The Bertz CT molecular complexity index is 370. The van der Waals surface area contributed by atoms with Gasteiger partial charge in [-0.05, 0) is 0 Å². The van der Waals surface area contributed by atoms with E-state index < -0.39 is 15.7 Å². The van der Waals surface area contributed by atoms with Crippen molar-refractivity contribution in [1.29, 1.82) is 0 Å². The number of benzene rings is 1. The smallest absolute Gasteiger partial charge is 0.312 e. The van der Waals surface area contributed by atoms with Gasteiger partial charge in [0.25, 0.3) is 0 Å². The molecule has 3 nitrogen and oxygen atoms in total. The summed E-state index contributed by atoms with van der Waals surface area (Å²) < 4.78 is 22.2. The molecule has 0 unspecified atom stereocenters. The molecule has 0 saturated carbocycles. The van der Waals surface area contributed by atoms with Gasteiger partial charge in [-0.1, -0.05) is 48.6 Å². The van der Waals surface area contributed by atoms with Gasteiger partial charge in [0.15, 0.2) is 0 Å². The molecule has 0 radical (unpaired) electrons. The van der Waals surface area contributed by atoms with E-state index in [1.54, 1.807) is 0 Å². The lowest BCUT2D eigenvalue weighted by molar-refractivity contribution is 0.280. The van der Waals surface area contributed by atoms with E-state index in [1.807, 2.05) is 18.2 Å². The molecule has 0 heterocycles. The lowest BCUT2D eigenvalue weighted by Crippen LogP contribution is -2.45. The Hall–Kier alpha value is -0.413. The second kappa shape index (κ2) is 5.28. The summed E-state index contributed by atoms with van der Waals surface area (Å²) in [5.74, 6) is 0.511. The predicted molar refractivity (Wildman–Crippen MR) is 70.0 cm³/mol. The van der Waals surface area contributed by atoms with E-state index in [-0.39, 0.29) is 0 Å². The molecular formula is C11H19O3PSi. The third-order valence-electron chi connectivity index (χ3n) is 2.70. The van der Waals surface area contributed by atoms with Crippen LogP contribution >= 0.6 is 7.60 Å². The van der Waals surface area contributed by atoms with Gasteiger partial charge < -0.3 is 9.05 Å². The van der Waals surface area contributed by atoms with Crippen molar-refractivity contribution in [1.82, 2.24) is 0 Å². The minimum Gasteiger partial charge on any atom is -0.312 e. The van der Waals surface area contributed by atoms with Gasteiger partial charge in [0.1, 0.15) is 0 Å². The Labute approximate surface area is 98.3 Å². The summed E-state index contributed by atoms with van der Waals surface area (Å²) >= 11 is 0. The largest absolute Gasteiger partial charge is 0.327 e. The van der Waals surface area contributed by atoms with Crippen molar-refractivity contribution < 1.29 is 13.6 Å². The zero-order valence-corrected chi connectivity index (χ0v) is 12.2. The van der Waals surface area contributed by atoms with Gasteiger partial charge in [0.05, 0.1) is 8.07 Å². The van der Waals surface area contributed by atoms with Crippen LogP contribution in [0, 0.1) is 0 Å². The number of hydrogen-bond donors (Lipinski definition) is 0. The molecule has 0 atom stereocenters. The normalized spacial score (nSPS) is 12.8. The zero-order chi connectivity index (χ0) is 12.2. The average molecular weight is 258 g/mol. The molecular weight excluding hydrogens is 239 g/mol. The SMILES string of the molecule is COP(=O)(C[Si](C)(C)c1ccccc1)OC. The molecule has 0 N–H and O–H groups in total. The maximum Gasteiger partial charge on any atom is 0.327 e. The lowest BCUT2D eigenvalue weighted by Gasteiger charge is -2.26. The highest BCUT2D eigenvalue weighted by Crippen LogP contribution is 2.48. The van der Waals surface area contributed by atoms with Crippen LogP contribution in [0.2, 0.25) is 13.1 Å². The van der Waals surface area contributed by atoms with E-state index >= 15 is 0 Å². The molecule has 1 aromatic rings. The van der Waals surface area contributed by atoms with Crippen molar-refractivity contribution in [3.8, 4) is 0 Å². The topological polar surface area (TPSA) is 35.5 Å². The standard InChI is InChI=1S/C11H19O3PSi/c1-13-15(12,14-2)10-16(3,4)11-8-6-5-7-9-11/h5-9H,10H2,1-4H3. The molecule has 0 amide bonds. The third kappa shape index (κ3) is 3.29. The predicted octanol–water partition coefficient (Wildman–Crippen LogP) is 2.63. The molecule has 0 bridgehead atoms. The Morgan fingerprint density at radius 3 is 2.06 bits per heavy atom. The van der Waals surface area contributed by atoms with E-state index in [2.05, 4.69) is 25.2 Å². The van der Waals surface area contributed by atoms with Crippen LogP contribution in [0.25, 0.3) is 0 Å². The van der Waals surface area contributed by atoms with Gasteiger partial charge >= 0.3 is 7.60 Å². The van der Waals surface area contributed by atoms with Crippen molar-refractivity contribution >= 4 is 20.9 Å². The Morgan fingerprint density at radius 1 is 1.12 bits per heavy atom. The molecule has 0 saturated heterocycles. The third-order valence-corrected chi connectivity index (χ3v) is 10.4. The first kappa shape index (κ1) is 13.7. The Kier molecular flexibility index (Phi) is 4.50. The van der Waals surface area contributed by atoms with Crippen LogP contribution in [0.3, 0.4) is 0 Å². The first-order valence-corrected chi connectivity index (χ1v) is 10.1. The lowest BCUT2D eigenvalue weighted by atomic mass is 10.4. The van der Waals surface area contributed by atoms with Crippen molar-refractivity contribution in [2.24, 2.45) is 0 Å². The summed E-state index contributed by atoms with van der Waals surface area (Å²) in [6.07, 6.45) is 0. The van der Waals surface area contributed by atoms with E-state index in [4.69, 9.17) is 9.05 Å². The highest BCUT2D eigenvalue weighted by molar-refractivity contribution is 7.57. The quantitative estimate of drug-likeness (QED) is 0.601. The maximum atomic E-state index is 12.1. The van der Waals surface area contributed by atoms with Gasteiger partial charge in [-0.2, -0.15) is 0 Å². The van der Waals surface area contributed by atoms with Gasteiger partial charge in [-0.3, -0.25) is 4.57 Å². The average Bonchev–Trinajstić information content (AvgIpc) is 2.29. The Morgan fingerprint density at radius 2 is 1.62 bits per heavy atom. The Balaban J connectivity index is 2.92. The van der Waals surface area contributed by atoms with Crippen LogP contribution in [0.4, 0.5) is 0 Å². The molecule has 0 fully saturated rings. The van der Waals surface area contributed by atoms with Crippen LogP contribution in [0.15, 0.2) is 30.3 Å². The van der Waals surface area contributed by atoms with Gasteiger partial charge in [-0.15, -0.1) is 0 Å². The second-order valence-corrected chi connectivity index (χ2v) is 11.9. The first-order valence-electron chi connectivity index (χ1n) is 5.19. The highest BCUT2D eigenvalue weighted by atomic mass is 31.2. The molecule has 0 aliphatic heterocycles. The van der Waals surface area contributed by atoms with Crippen LogP contribution in [-0.4, -0.2) is 28.1 Å². The van der Waals surface area contributed by atoms with Crippen LogP contribution in [-0.2, 0) is 13.6 Å². The molecule has 0 aliphatic carbocycles. The zero-order valence-electron chi connectivity index (χ0n) is 10.3. The van der Waals surface area contributed by atoms with Crippen LogP contribution in [0.1, 0.15) is 0 Å². The van der Waals surface area contributed by atoms with Gasteiger partial charge in [0, 0.05) is 20.0 Å². The van der Waals surface area contributed by atoms with Crippen molar-refractivity contribution in [3.05, 3.63) is 30.3 Å². The first-order chi connectivity index (χ1) is 7.43. The van der Waals surface area contributed by atoms with Gasteiger partial charge in [-0.25, -0.2) is 0 Å². The molecule has 1 aromatic carbocycles. The van der Waals surface area contributed by atoms with Crippen molar-refractivity contribution in [2.75, 3.05) is 20.0 Å². The molecule has 16 heavy (non-hydrogen) atoms. The second-order valence-electron chi connectivity index (χ2n) is 4.38. The summed E-state index contributed by atoms with van der Waals surface area (Å²) in [6, 6.07) is 10.2. The summed E-state index contributed by atoms with van der Waals surface area (Å²) in [5.41, 5.74) is 0. The number of hydrogen-bond acceptors (Lipinski definition) is 3. The summed E-state index contributed by atoms with van der Waals surface area (Å²) in [6.45, 7) is 4.35. The monoisotopic (exact) mass is 258 g/mol. The maximum absolute atomic E-state index is 12.1. The molecule has 5 heteroatoms. The fourth-order valence-electron chi connectivity index (χ4n) is 1.67. The number of rotatable bonds is 5. The van der Waals surface area contributed by atoms with Gasteiger partial charge in [0.2, 0.25) is 0 Å². The molecule has 0 spiro atoms. The molecule has 0 aliphatic rings. The van der Waals surface area contributed by atoms with Crippen LogP contribution in [0.5, 0.6) is 0 Å². The molecule has 90 valence electrons. The van der Waals surface area contributed by atoms with E-state index in [0.717, 1.165) is 0 Å². The fraction of sp³-hybridized carbons (Fsp3) is 0.455. The molecule has 1 rings (SSSR count). The highest BCUT2D eigenvalue weighted by Gasteiger charge is 2.34. The fourth-order valence-corrected chi connectivity index (χ4v) is 8.55. The summed E-state index contributed by atoms with van der Waals surface area (Å²) in [4.78, 5) is 0.